The largest absolute Gasteiger partial charge is 0.496 e. The summed E-state index contributed by atoms with van der Waals surface area (Å²) in [5, 5.41) is 4.99. The monoisotopic (exact) mass is 343 g/mol. The molecule has 1 aromatic rings. The third-order valence-electron chi connectivity index (χ3n) is 3.12. The average Bonchev–Trinajstić information content (AvgIpc) is 2.37. The molecule has 1 amide bonds. The van der Waals surface area contributed by atoms with Gasteiger partial charge in [-0.3, -0.25) is 4.79 Å². The van der Waals surface area contributed by atoms with Crippen LogP contribution in [0.15, 0.2) is 22.7 Å². The van der Waals surface area contributed by atoms with Gasteiger partial charge in [0.1, 0.15) is 11.8 Å². The number of amides is 1. The molecule has 0 saturated heterocycles. The summed E-state index contributed by atoms with van der Waals surface area (Å²) in [4.78, 5) is 11.9. The second kappa shape index (κ2) is 7.64. The van der Waals surface area contributed by atoms with Crippen molar-refractivity contribution in [3.63, 3.8) is 0 Å². The molecule has 2 atom stereocenters. The topological polar surface area (TPSA) is 54.9 Å². The van der Waals surface area contributed by atoms with Crippen molar-refractivity contribution in [3.8, 4) is 5.75 Å². The molecular formula is C15H24BrN2O2+. The van der Waals surface area contributed by atoms with Gasteiger partial charge >= 0.3 is 0 Å². The number of carbonyl (C=O) groups is 1. The molecule has 0 aliphatic rings. The molecule has 3 N–H and O–H groups in total. The van der Waals surface area contributed by atoms with Gasteiger partial charge in [-0.15, -0.1) is 0 Å². The Hall–Kier alpha value is -1.07. The molecule has 1 rings (SSSR count). The summed E-state index contributed by atoms with van der Waals surface area (Å²) < 4.78 is 6.15. The van der Waals surface area contributed by atoms with Gasteiger partial charge in [0.25, 0.3) is 5.91 Å². The van der Waals surface area contributed by atoms with Crippen LogP contribution in [0.2, 0.25) is 0 Å². The highest BCUT2D eigenvalue weighted by Crippen LogP contribution is 2.27. The van der Waals surface area contributed by atoms with Crippen LogP contribution >= 0.6 is 15.9 Å². The molecule has 20 heavy (non-hydrogen) atoms. The Balaban J connectivity index is 2.68. The first-order valence-corrected chi connectivity index (χ1v) is 7.63. The van der Waals surface area contributed by atoms with Gasteiger partial charge in [0, 0.05) is 11.6 Å². The molecule has 112 valence electrons. The molecule has 0 aliphatic carbocycles. The number of hydrogen-bond acceptors (Lipinski definition) is 2. The molecule has 1 aromatic carbocycles. The predicted octanol–water partition coefficient (Wildman–Crippen LogP) is 2.00. The van der Waals surface area contributed by atoms with E-state index in [2.05, 4.69) is 33.5 Å². The summed E-state index contributed by atoms with van der Waals surface area (Å²) in [6.07, 6.45) is 0. The molecular weight excluding hydrogens is 320 g/mol. The number of nitrogens with two attached hydrogens (primary N) is 1. The number of carbonyl (C=O) groups excluding carboxylic acids is 1. The first-order chi connectivity index (χ1) is 9.35. The molecule has 0 spiro atoms. The molecule has 0 fully saturated rings. The lowest BCUT2D eigenvalue weighted by atomic mass is 10.1. The van der Waals surface area contributed by atoms with E-state index in [1.807, 2.05) is 39.0 Å². The Kier molecular flexibility index (Phi) is 6.49. The van der Waals surface area contributed by atoms with Crippen molar-refractivity contribution in [2.75, 3.05) is 7.11 Å². The van der Waals surface area contributed by atoms with E-state index in [9.17, 15) is 4.79 Å². The number of methoxy groups -OCH3 is 1. The SMILES string of the molecule is COc1ccc([C@@H](C)[NH2+][C@@H](C)C(=O)NC(C)C)cc1Br. The van der Waals surface area contributed by atoms with Crippen LogP contribution in [0.3, 0.4) is 0 Å². The van der Waals surface area contributed by atoms with E-state index in [1.165, 1.54) is 0 Å². The lowest BCUT2D eigenvalue weighted by molar-refractivity contribution is -0.710. The Morgan fingerprint density at radius 3 is 2.45 bits per heavy atom. The molecule has 0 aromatic heterocycles. The van der Waals surface area contributed by atoms with Gasteiger partial charge in [-0.25, -0.2) is 0 Å². The highest BCUT2D eigenvalue weighted by molar-refractivity contribution is 9.10. The molecule has 0 aliphatic heterocycles. The Morgan fingerprint density at radius 2 is 1.95 bits per heavy atom. The molecule has 0 heterocycles. The van der Waals surface area contributed by atoms with Crippen molar-refractivity contribution in [3.05, 3.63) is 28.2 Å². The fourth-order valence-corrected chi connectivity index (χ4v) is 2.57. The minimum absolute atomic E-state index is 0.0689. The highest BCUT2D eigenvalue weighted by atomic mass is 79.9. The quantitative estimate of drug-likeness (QED) is 0.829. The van der Waals surface area contributed by atoms with Crippen LogP contribution in [0.4, 0.5) is 0 Å². The average molecular weight is 344 g/mol. The molecule has 0 radical (unpaired) electrons. The van der Waals surface area contributed by atoms with Gasteiger partial charge in [-0.2, -0.15) is 0 Å². The zero-order valence-electron chi connectivity index (χ0n) is 12.7. The number of benzene rings is 1. The normalized spacial score (nSPS) is 13.9. The van der Waals surface area contributed by atoms with E-state index in [4.69, 9.17) is 4.74 Å². The van der Waals surface area contributed by atoms with Crippen molar-refractivity contribution < 1.29 is 14.8 Å². The molecule has 5 heteroatoms. The zero-order valence-corrected chi connectivity index (χ0v) is 14.3. The van der Waals surface area contributed by atoms with E-state index in [-0.39, 0.29) is 24.0 Å². The molecule has 0 saturated carbocycles. The number of halogens is 1. The summed E-state index contributed by atoms with van der Waals surface area (Å²) in [5.74, 6) is 0.881. The van der Waals surface area contributed by atoms with Crippen molar-refractivity contribution >= 4 is 21.8 Å². The first-order valence-electron chi connectivity index (χ1n) is 6.84. The fourth-order valence-electron chi connectivity index (χ4n) is 2.01. The van der Waals surface area contributed by atoms with Crippen LogP contribution in [0.5, 0.6) is 5.75 Å². The standard InChI is InChI=1S/C15H23BrN2O2/c1-9(2)17-15(19)11(4)18-10(3)12-6-7-14(20-5)13(16)8-12/h6-11,18H,1-5H3,(H,17,19)/p+1/t10-,11+/m1/s1. The number of quaternary nitrogens is 1. The summed E-state index contributed by atoms with van der Waals surface area (Å²) >= 11 is 3.49. The van der Waals surface area contributed by atoms with Crippen molar-refractivity contribution in [2.24, 2.45) is 0 Å². The van der Waals surface area contributed by atoms with Gasteiger partial charge in [-0.05, 0) is 61.8 Å². The van der Waals surface area contributed by atoms with Crippen LogP contribution in [0.1, 0.15) is 39.3 Å². The Bertz CT molecular complexity index is 463. The fraction of sp³-hybridized carbons (Fsp3) is 0.533. The molecule has 0 unspecified atom stereocenters. The second-order valence-electron chi connectivity index (χ2n) is 5.33. The number of hydrogen-bond donors (Lipinski definition) is 2. The maximum absolute atomic E-state index is 11.9. The second-order valence-corrected chi connectivity index (χ2v) is 6.18. The van der Waals surface area contributed by atoms with Crippen LogP contribution in [-0.4, -0.2) is 25.1 Å². The molecule has 0 bridgehead atoms. The maximum atomic E-state index is 11.9. The van der Waals surface area contributed by atoms with Gasteiger partial charge in [0.15, 0.2) is 6.04 Å². The third-order valence-corrected chi connectivity index (χ3v) is 3.74. The van der Waals surface area contributed by atoms with Crippen LogP contribution < -0.4 is 15.4 Å². The first kappa shape index (κ1) is 17.0. The number of ether oxygens (including phenoxy) is 1. The van der Waals surface area contributed by atoms with Crippen LogP contribution in [0, 0.1) is 0 Å². The maximum Gasteiger partial charge on any atom is 0.278 e. The number of rotatable bonds is 6. The van der Waals surface area contributed by atoms with E-state index in [1.54, 1.807) is 7.11 Å². The van der Waals surface area contributed by atoms with Crippen LogP contribution in [0.25, 0.3) is 0 Å². The van der Waals surface area contributed by atoms with E-state index < -0.39 is 0 Å². The summed E-state index contributed by atoms with van der Waals surface area (Å²) in [6.45, 7) is 7.95. The number of nitrogens with one attached hydrogen (secondary N) is 1. The minimum atomic E-state index is -0.117. The smallest absolute Gasteiger partial charge is 0.278 e. The van der Waals surface area contributed by atoms with Gasteiger partial charge in [0.05, 0.1) is 11.6 Å². The van der Waals surface area contributed by atoms with Crippen molar-refractivity contribution in [1.82, 2.24) is 5.32 Å². The third kappa shape index (κ3) is 4.80. The Labute approximate surface area is 129 Å². The predicted molar refractivity (Wildman–Crippen MR) is 83.8 cm³/mol. The Morgan fingerprint density at radius 1 is 1.30 bits per heavy atom. The van der Waals surface area contributed by atoms with Gasteiger partial charge < -0.3 is 15.4 Å². The summed E-state index contributed by atoms with van der Waals surface area (Å²) in [7, 11) is 1.65. The van der Waals surface area contributed by atoms with Gasteiger partial charge in [-0.1, -0.05) is 0 Å². The van der Waals surface area contributed by atoms with Crippen LogP contribution in [-0.2, 0) is 4.79 Å². The molecule has 4 nitrogen and oxygen atoms in total. The van der Waals surface area contributed by atoms with Crippen molar-refractivity contribution in [2.45, 2.75) is 45.8 Å². The van der Waals surface area contributed by atoms with E-state index >= 15 is 0 Å². The lowest BCUT2D eigenvalue weighted by Crippen LogP contribution is -2.92. The highest BCUT2D eigenvalue weighted by Gasteiger charge is 2.21. The zero-order chi connectivity index (χ0) is 15.3. The summed E-state index contributed by atoms with van der Waals surface area (Å²) in [5.41, 5.74) is 1.15. The van der Waals surface area contributed by atoms with E-state index in [0.717, 1.165) is 15.8 Å². The minimum Gasteiger partial charge on any atom is -0.496 e. The van der Waals surface area contributed by atoms with Gasteiger partial charge in [0.2, 0.25) is 0 Å². The lowest BCUT2D eigenvalue weighted by Gasteiger charge is -2.18. The summed E-state index contributed by atoms with van der Waals surface area (Å²) in [6, 6.07) is 6.25. The van der Waals surface area contributed by atoms with Crippen molar-refractivity contribution in [1.29, 1.82) is 0 Å². The van der Waals surface area contributed by atoms with E-state index in [0.29, 0.717) is 0 Å².